The summed E-state index contributed by atoms with van der Waals surface area (Å²) in [7, 11) is -3.50. The summed E-state index contributed by atoms with van der Waals surface area (Å²) in [6.45, 7) is 7.41. The fourth-order valence-electron chi connectivity index (χ4n) is 1.83. The molecule has 2 N–H and O–H groups in total. The van der Waals surface area contributed by atoms with E-state index in [0.29, 0.717) is 0 Å². The van der Waals surface area contributed by atoms with Gasteiger partial charge >= 0.3 is 0 Å². The summed E-state index contributed by atoms with van der Waals surface area (Å²) in [5, 5.41) is 0.826. The lowest BCUT2D eigenvalue weighted by Gasteiger charge is -2.00. The molecule has 0 bridgehead atoms. The largest absolute Gasteiger partial charge is 0.381 e. The Morgan fingerprint density at radius 1 is 1.52 bits per heavy atom. The van der Waals surface area contributed by atoms with E-state index in [9.17, 15) is 13.2 Å². The average Bonchev–Trinajstić information content (AvgIpc) is 3.01. The van der Waals surface area contributed by atoms with Crippen LogP contribution in [0.3, 0.4) is 0 Å². The first-order chi connectivity index (χ1) is 9.90. The van der Waals surface area contributed by atoms with Crippen LogP contribution in [0.15, 0.2) is 41.1 Å². The molecule has 1 heterocycles. The number of nitrogens with two attached hydrogens (primary N) is 1. The topological polar surface area (TPSA) is 86.5 Å². The molecule has 1 aromatic rings. The molecule has 1 unspecified atom stereocenters. The Kier molecular flexibility index (Phi) is 6.58. The first-order valence-corrected chi connectivity index (χ1v) is 8.30. The SMILES string of the molecule is C=CS(=O)(=O)c1cccc(C(N)=O)c1.CCC1CCOC1. The van der Waals surface area contributed by atoms with E-state index < -0.39 is 15.7 Å². The van der Waals surface area contributed by atoms with Crippen molar-refractivity contribution in [3.05, 3.63) is 41.8 Å². The number of hydrogen-bond donors (Lipinski definition) is 1. The zero-order chi connectivity index (χ0) is 15.9. The molecule has 0 aliphatic carbocycles. The van der Waals surface area contributed by atoms with Crippen LogP contribution in [-0.2, 0) is 14.6 Å². The summed E-state index contributed by atoms with van der Waals surface area (Å²) >= 11 is 0. The molecule has 5 nitrogen and oxygen atoms in total. The van der Waals surface area contributed by atoms with Gasteiger partial charge in [0.15, 0.2) is 9.84 Å². The molecule has 1 atom stereocenters. The molecule has 0 saturated carbocycles. The predicted molar refractivity (Wildman–Crippen MR) is 81.6 cm³/mol. The zero-order valence-electron chi connectivity index (χ0n) is 12.1. The van der Waals surface area contributed by atoms with Gasteiger partial charge in [-0.3, -0.25) is 4.79 Å². The molecule has 6 heteroatoms. The number of sulfone groups is 1. The lowest BCUT2D eigenvalue weighted by atomic mass is 10.1. The summed E-state index contributed by atoms with van der Waals surface area (Å²) in [6.07, 6.45) is 2.58. The lowest BCUT2D eigenvalue weighted by molar-refractivity contribution is 0.1000. The second kappa shape index (κ2) is 7.95. The third-order valence-electron chi connectivity index (χ3n) is 3.27. The number of benzene rings is 1. The summed E-state index contributed by atoms with van der Waals surface area (Å²) in [5.74, 6) is 0.214. The van der Waals surface area contributed by atoms with Crippen molar-refractivity contribution in [2.45, 2.75) is 24.7 Å². The van der Waals surface area contributed by atoms with Crippen LogP contribution in [0.25, 0.3) is 0 Å². The number of primary amides is 1. The van der Waals surface area contributed by atoms with Gasteiger partial charge in [-0.15, -0.1) is 0 Å². The third kappa shape index (κ3) is 5.32. The first kappa shape index (κ1) is 17.4. The Bertz CT molecular complexity index is 589. The van der Waals surface area contributed by atoms with Crippen molar-refractivity contribution in [3.63, 3.8) is 0 Å². The second-order valence-electron chi connectivity index (χ2n) is 4.74. The van der Waals surface area contributed by atoms with E-state index in [4.69, 9.17) is 10.5 Å². The second-order valence-corrected chi connectivity index (χ2v) is 6.64. The van der Waals surface area contributed by atoms with Gasteiger partial charge < -0.3 is 10.5 Å². The van der Waals surface area contributed by atoms with E-state index in [1.807, 2.05) is 0 Å². The zero-order valence-corrected chi connectivity index (χ0v) is 12.9. The normalized spacial score (nSPS) is 17.7. The number of hydrogen-bond acceptors (Lipinski definition) is 4. The number of carbonyl (C=O) groups excluding carboxylic acids is 1. The molecule has 116 valence electrons. The van der Waals surface area contributed by atoms with Crippen molar-refractivity contribution in [1.29, 1.82) is 0 Å². The fourth-order valence-corrected chi connectivity index (χ4v) is 2.58. The van der Waals surface area contributed by atoms with Gasteiger partial charge in [0.05, 0.1) is 4.90 Å². The molecule has 1 aliphatic heterocycles. The Labute approximate surface area is 125 Å². The highest BCUT2D eigenvalue weighted by Gasteiger charge is 2.12. The highest BCUT2D eigenvalue weighted by molar-refractivity contribution is 7.94. The Balaban J connectivity index is 0.000000262. The van der Waals surface area contributed by atoms with Crippen LogP contribution in [0.1, 0.15) is 30.1 Å². The number of carbonyl (C=O) groups is 1. The maximum Gasteiger partial charge on any atom is 0.248 e. The Morgan fingerprint density at radius 2 is 2.24 bits per heavy atom. The average molecular weight is 311 g/mol. The molecule has 0 radical (unpaired) electrons. The number of amides is 1. The molecule has 0 spiro atoms. The van der Waals surface area contributed by atoms with Crippen LogP contribution < -0.4 is 5.73 Å². The van der Waals surface area contributed by atoms with E-state index in [-0.39, 0.29) is 10.5 Å². The molecule has 1 amide bonds. The van der Waals surface area contributed by atoms with Crippen LogP contribution in [-0.4, -0.2) is 27.5 Å². The van der Waals surface area contributed by atoms with Crippen molar-refractivity contribution in [3.8, 4) is 0 Å². The van der Waals surface area contributed by atoms with Crippen molar-refractivity contribution < 1.29 is 17.9 Å². The summed E-state index contributed by atoms with van der Waals surface area (Å²) < 4.78 is 27.8. The fraction of sp³-hybridized carbons (Fsp3) is 0.400. The lowest BCUT2D eigenvalue weighted by Crippen LogP contribution is -2.11. The van der Waals surface area contributed by atoms with Gasteiger partial charge in [0.2, 0.25) is 5.91 Å². The van der Waals surface area contributed by atoms with Crippen molar-refractivity contribution in [2.75, 3.05) is 13.2 Å². The van der Waals surface area contributed by atoms with E-state index in [1.165, 1.54) is 37.1 Å². The minimum atomic E-state index is -3.50. The van der Waals surface area contributed by atoms with Crippen molar-refractivity contribution in [1.82, 2.24) is 0 Å². The van der Waals surface area contributed by atoms with Crippen LogP contribution in [0.4, 0.5) is 0 Å². The smallest absolute Gasteiger partial charge is 0.248 e. The molecule has 0 aromatic heterocycles. The Morgan fingerprint density at radius 3 is 2.67 bits per heavy atom. The van der Waals surface area contributed by atoms with Gasteiger partial charge in [0, 0.05) is 24.2 Å². The van der Waals surface area contributed by atoms with Crippen LogP contribution in [0.2, 0.25) is 0 Å². The van der Waals surface area contributed by atoms with E-state index in [0.717, 1.165) is 24.5 Å². The molecule has 1 fully saturated rings. The molecular weight excluding hydrogens is 290 g/mol. The monoisotopic (exact) mass is 311 g/mol. The molecule has 1 aliphatic rings. The van der Waals surface area contributed by atoms with Crippen molar-refractivity contribution in [2.24, 2.45) is 11.7 Å². The quantitative estimate of drug-likeness (QED) is 0.923. The molecule has 21 heavy (non-hydrogen) atoms. The van der Waals surface area contributed by atoms with E-state index >= 15 is 0 Å². The summed E-state index contributed by atoms with van der Waals surface area (Å²) in [4.78, 5) is 10.8. The van der Waals surface area contributed by atoms with Gasteiger partial charge in [-0.1, -0.05) is 26.0 Å². The standard InChI is InChI=1S/C9H9NO3S.C6H12O/c1-2-14(12,13)8-5-3-4-7(6-8)9(10)11;1-2-6-3-4-7-5-6/h2-6H,1H2,(H2,10,11);6H,2-5H2,1H3. The predicted octanol–water partition coefficient (Wildman–Crippen LogP) is 2.14. The minimum Gasteiger partial charge on any atom is -0.381 e. The van der Waals surface area contributed by atoms with Crippen LogP contribution in [0.5, 0.6) is 0 Å². The first-order valence-electron chi connectivity index (χ1n) is 6.75. The minimum absolute atomic E-state index is 0.0174. The number of rotatable bonds is 4. The van der Waals surface area contributed by atoms with E-state index in [2.05, 4.69) is 13.5 Å². The highest BCUT2D eigenvalue weighted by Crippen LogP contribution is 2.14. The molecular formula is C15H21NO4S. The maximum absolute atomic E-state index is 11.3. The molecule has 1 saturated heterocycles. The molecule has 2 rings (SSSR count). The molecule has 1 aromatic carbocycles. The summed E-state index contributed by atoms with van der Waals surface area (Å²) in [6, 6.07) is 5.50. The van der Waals surface area contributed by atoms with Crippen molar-refractivity contribution >= 4 is 15.7 Å². The van der Waals surface area contributed by atoms with Gasteiger partial charge in [-0.2, -0.15) is 0 Å². The van der Waals surface area contributed by atoms with Crippen LogP contribution >= 0.6 is 0 Å². The van der Waals surface area contributed by atoms with Gasteiger partial charge in [-0.05, 0) is 30.5 Å². The van der Waals surface area contributed by atoms with Gasteiger partial charge in [0.25, 0.3) is 0 Å². The van der Waals surface area contributed by atoms with Gasteiger partial charge in [-0.25, -0.2) is 8.42 Å². The maximum atomic E-state index is 11.3. The Hall–Kier alpha value is -1.66. The number of ether oxygens (including phenoxy) is 1. The van der Waals surface area contributed by atoms with Crippen LogP contribution in [0, 0.1) is 5.92 Å². The van der Waals surface area contributed by atoms with E-state index in [1.54, 1.807) is 0 Å². The van der Waals surface area contributed by atoms with Gasteiger partial charge in [0.1, 0.15) is 0 Å². The highest BCUT2D eigenvalue weighted by atomic mass is 32.2. The summed E-state index contributed by atoms with van der Waals surface area (Å²) in [5.41, 5.74) is 5.17. The third-order valence-corrected chi connectivity index (χ3v) is 4.62.